The molecule has 1 saturated heterocycles. The third-order valence-corrected chi connectivity index (χ3v) is 7.96. The van der Waals surface area contributed by atoms with Crippen molar-refractivity contribution in [2.45, 2.75) is 69.4 Å². The Kier molecular flexibility index (Phi) is 4.66. The van der Waals surface area contributed by atoms with Gasteiger partial charge in [0.2, 0.25) is 0 Å². The number of anilines is 1. The van der Waals surface area contributed by atoms with E-state index in [9.17, 15) is 14.7 Å². The van der Waals surface area contributed by atoms with Crippen LogP contribution in [0.25, 0.3) is 0 Å². The molecule has 158 valence electrons. The van der Waals surface area contributed by atoms with Gasteiger partial charge in [0.15, 0.2) is 0 Å². The fourth-order valence-corrected chi connectivity index (χ4v) is 7.30. The van der Waals surface area contributed by atoms with Crippen molar-refractivity contribution >= 4 is 23.3 Å². The molecule has 0 aromatic carbocycles. The van der Waals surface area contributed by atoms with Crippen LogP contribution in [0.15, 0.2) is 11.0 Å². The molecule has 5 atom stereocenters. The fraction of sp³-hybridized carbons (Fsp3) is 0.762. The van der Waals surface area contributed by atoms with E-state index in [4.69, 9.17) is 16.3 Å². The van der Waals surface area contributed by atoms with Crippen LogP contribution in [0.1, 0.15) is 57.8 Å². The predicted octanol–water partition coefficient (Wildman–Crippen LogP) is 3.26. The van der Waals surface area contributed by atoms with Crippen LogP contribution < -0.4 is 10.9 Å². The van der Waals surface area contributed by atoms with Crippen LogP contribution in [0.5, 0.6) is 0 Å². The minimum Gasteiger partial charge on any atom is -0.481 e. The van der Waals surface area contributed by atoms with Gasteiger partial charge in [-0.1, -0.05) is 11.6 Å². The molecule has 0 spiro atoms. The lowest BCUT2D eigenvalue weighted by Gasteiger charge is -2.61. The van der Waals surface area contributed by atoms with Gasteiger partial charge in [0.1, 0.15) is 5.02 Å². The molecule has 2 N–H and O–H groups in total. The Labute approximate surface area is 174 Å². The molecule has 4 saturated carbocycles. The summed E-state index contributed by atoms with van der Waals surface area (Å²) in [4.78, 5) is 24.8. The molecule has 7 nitrogen and oxygen atoms in total. The van der Waals surface area contributed by atoms with Crippen LogP contribution in [0.4, 0.5) is 5.69 Å². The van der Waals surface area contributed by atoms with Crippen LogP contribution >= 0.6 is 11.6 Å². The number of hydrogen-bond donors (Lipinski definition) is 2. The Balaban J connectivity index is 1.43. The number of carboxylic acids is 1. The number of carboxylic acid groups (broad SMARTS) is 1. The first-order valence-corrected chi connectivity index (χ1v) is 11.1. The molecule has 6 rings (SSSR count). The molecule has 2 unspecified atom stereocenters. The summed E-state index contributed by atoms with van der Waals surface area (Å²) in [6.07, 6.45) is 9.63. The summed E-state index contributed by atoms with van der Waals surface area (Å²) >= 11 is 6.47. The Morgan fingerprint density at radius 3 is 2.76 bits per heavy atom. The molecule has 1 aromatic rings. The Morgan fingerprint density at radius 1 is 1.34 bits per heavy atom. The number of aromatic nitrogens is 2. The molecule has 5 aliphatic rings. The number of hydrogen-bond acceptors (Lipinski definition) is 5. The zero-order valence-electron chi connectivity index (χ0n) is 16.5. The molecule has 1 aliphatic heterocycles. The van der Waals surface area contributed by atoms with Gasteiger partial charge in [-0.3, -0.25) is 9.59 Å². The first-order valence-electron chi connectivity index (χ1n) is 10.7. The molecular weight excluding hydrogens is 394 g/mol. The van der Waals surface area contributed by atoms with Crippen LogP contribution in [0.3, 0.4) is 0 Å². The molecule has 2 heterocycles. The zero-order valence-corrected chi connectivity index (χ0v) is 17.3. The fourth-order valence-electron chi connectivity index (χ4n) is 7.10. The van der Waals surface area contributed by atoms with Crippen molar-refractivity contribution in [2.24, 2.45) is 17.3 Å². The number of nitrogens with one attached hydrogen (secondary N) is 1. The summed E-state index contributed by atoms with van der Waals surface area (Å²) in [5.74, 6) is 0.204. The maximum Gasteiger partial charge on any atom is 0.303 e. The van der Waals surface area contributed by atoms with E-state index in [1.165, 1.54) is 0 Å². The largest absolute Gasteiger partial charge is 0.481 e. The van der Waals surface area contributed by atoms with Crippen molar-refractivity contribution in [3.05, 3.63) is 21.6 Å². The van der Waals surface area contributed by atoms with Gasteiger partial charge in [-0.15, -0.1) is 0 Å². The highest BCUT2D eigenvalue weighted by molar-refractivity contribution is 6.32. The normalized spacial score (nSPS) is 37.8. The second kappa shape index (κ2) is 6.98. The Hall–Kier alpha value is -1.60. The zero-order chi connectivity index (χ0) is 20.2. The minimum atomic E-state index is -0.742. The lowest BCUT2D eigenvalue weighted by molar-refractivity contribution is -0.151. The standard InChI is InChI=1S/C21H28ClN3O4/c22-18-16(23-10-15-2-1-3-29-15)11-24-25(19(18)28)21-7-13-4-14(8-21)6-20(5-13,12-21)9-17(26)27/h11,13-15,23H,1-10,12H2,(H,26,27)/t13-,14+,15-,20?,21?/m1/s1. The van der Waals surface area contributed by atoms with Gasteiger partial charge in [-0.05, 0) is 68.6 Å². The van der Waals surface area contributed by atoms with Crippen molar-refractivity contribution < 1.29 is 14.6 Å². The molecule has 1 aromatic heterocycles. The smallest absolute Gasteiger partial charge is 0.303 e. The number of ether oxygens (including phenoxy) is 1. The molecule has 5 fully saturated rings. The molecule has 0 amide bonds. The molecule has 8 heteroatoms. The molecular formula is C21H28ClN3O4. The predicted molar refractivity (Wildman–Crippen MR) is 108 cm³/mol. The second-order valence-corrected chi connectivity index (χ2v) is 10.2. The average molecular weight is 422 g/mol. The van der Waals surface area contributed by atoms with Gasteiger partial charge in [-0.25, -0.2) is 4.68 Å². The average Bonchev–Trinajstić information content (AvgIpc) is 3.14. The van der Waals surface area contributed by atoms with Crippen LogP contribution in [0.2, 0.25) is 5.02 Å². The third kappa shape index (κ3) is 3.36. The van der Waals surface area contributed by atoms with Gasteiger partial charge in [-0.2, -0.15) is 5.10 Å². The maximum absolute atomic E-state index is 13.2. The Morgan fingerprint density at radius 2 is 2.10 bits per heavy atom. The van der Waals surface area contributed by atoms with E-state index >= 15 is 0 Å². The highest BCUT2D eigenvalue weighted by atomic mass is 35.5. The number of halogens is 1. The summed E-state index contributed by atoms with van der Waals surface area (Å²) in [6, 6.07) is 0. The molecule has 4 aliphatic carbocycles. The van der Waals surface area contributed by atoms with Crippen LogP contribution in [-0.2, 0) is 15.1 Å². The lowest BCUT2D eigenvalue weighted by atomic mass is 9.46. The number of nitrogens with zero attached hydrogens (tertiary/aromatic N) is 2. The van der Waals surface area contributed by atoms with E-state index < -0.39 is 11.5 Å². The third-order valence-electron chi connectivity index (χ3n) is 7.59. The first kappa shape index (κ1) is 19.4. The van der Waals surface area contributed by atoms with Crippen molar-refractivity contribution in [3.63, 3.8) is 0 Å². The van der Waals surface area contributed by atoms with E-state index in [1.54, 1.807) is 10.9 Å². The summed E-state index contributed by atoms with van der Waals surface area (Å²) in [7, 11) is 0. The summed E-state index contributed by atoms with van der Waals surface area (Å²) in [6.45, 7) is 1.39. The SMILES string of the molecule is O=C(O)CC12C[C@H]3C[C@@H](C1)CC(n1ncc(NC[C@H]4CCCO4)c(Cl)c1=O)(C3)C2. The number of aliphatic carboxylic acids is 1. The van der Waals surface area contributed by atoms with E-state index in [1.807, 2.05) is 0 Å². The topological polar surface area (TPSA) is 93.4 Å². The van der Waals surface area contributed by atoms with Crippen molar-refractivity contribution in [1.29, 1.82) is 0 Å². The van der Waals surface area contributed by atoms with E-state index in [2.05, 4.69) is 10.4 Å². The second-order valence-electron chi connectivity index (χ2n) is 9.86. The summed E-state index contributed by atoms with van der Waals surface area (Å²) < 4.78 is 7.22. The minimum absolute atomic E-state index is 0.146. The van der Waals surface area contributed by atoms with Gasteiger partial charge in [0.05, 0.1) is 29.9 Å². The van der Waals surface area contributed by atoms with E-state index in [0.717, 1.165) is 51.6 Å². The number of rotatable bonds is 6. The molecule has 0 radical (unpaired) electrons. The summed E-state index contributed by atoms with van der Waals surface area (Å²) in [5.41, 5.74) is -0.321. The molecule has 4 bridgehead atoms. The van der Waals surface area contributed by atoms with Gasteiger partial charge in [0.25, 0.3) is 5.56 Å². The van der Waals surface area contributed by atoms with Crippen LogP contribution in [-0.4, -0.2) is 40.1 Å². The van der Waals surface area contributed by atoms with E-state index in [0.29, 0.717) is 30.5 Å². The van der Waals surface area contributed by atoms with Gasteiger partial charge >= 0.3 is 5.97 Å². The quantitative estimate of drug-likeness (QED) is 0.732. The van der Waals surface area contributed by atoms with Gasteiger partial charge < -0.3 is 15.2 Å². The van der Waals surface area contributed by atoms with Gasteiger partial charge in [0, 0.05) is 13.2 Å². The summed E-state index contributed by atoms with van der Waals surface area (Å²) in [5, 5.41) is 17.4. The van der Waals surface area contributed by atoms with Crippen molar-refractivity contribution in [2.75, 3.05) is 18.5 Å². The lowest BCUT2D eigenvalue weighted by Crippen LogP contribution is -2.59. The highest BCUT2D eigenvalue weighted by Crippen LogP contribution is 2.65. The molecule has 29 heavy (non-hydrogen) atoms. The number of carbonyl (C=O) groups is 1. The maximum atomic E-state index is 13.2. The van der Waals surface area contributed by atoms with Crippen molar-refractivity contribution in [3.8, 4) is 0 Å². The highest BCUT2D eigenvalue weighted by Gasteiger charge is 2.59. The monoisotopic (exact) mass is 421 g/mol. The Bertz CT molecular complexity index is 865. The van der Waals surface area contributed by atoms with E-state index in [-0.39, 0.29) is 28.5 Å². The van der Waals surface area contributed by atoms with Crippen LogP contribution in [0, 0.1) is 17.3 Å². The van der Waals surface area contributed by atoms with Crippen molar-refractivity contribution in [1.82, 2.24) is 9.78 Å². The first-order chi connectivity index (χ1) is 13.9.